The van der Waals surface area contributed by atoms with Crippen LogP contribution in [0.3, 0.4) is 0 Å². The number of pyridine rings is 1. The van der Waals surface area contributed by atoms with Gasteiger partial charge in [-0.1, -0.05) is 0 Å². The van der Waals surface area contributed by atoms with E-state index in [1.54, 1.807) is 0 Å². The molecule has 0 aliphatic rings. The Hall–Kier alpha value is 0.320. The van der Waals surface area contributed by atoms with Crippen LogP contribution in [0.1, 0.15) is 0 Å². The lowest BCUT2D eigenvalue weighted by molar-refractivity contribution is 1.34. The molecule has 66 valence electrons. The molecule has 4 heteroatoms. The fourth-order valence-electron chi connectivity index (χ4n) is 1.13. The molecule has 2 aromatic rings. The van der Waals surface area contributed by atoms with Gasteiger partial charge < -0.3 is 0 Å². The van der Waals surface area contributed by atoms with Gasteiger partial charge in [-0.25, -0.2) is 4.98 Å². The lowest BCUT2D eigenvalue weighted by atomic mass is 10.2. The van der Waals surface area contributed by atoms with Crippen molar-refractivity contribution in [2.75, 3.05) is 0 Å². The molecule has 0 aliphatic heterocycles. The van der Waals surface area contributed by atoms with Crippen molar-refractivity contribution in [2.45, 2.75) is 0 Å². The lowest BCUT2D eigenvalue weighted by Crippen LogP contribution is -1.84. The zero-order valence-corrected chi connectivity index (χ0v) is 11.7. The van der Waals surface area contributed by atoms with E-state index in [-0.39, 0.29) is 0 Å². The van der Waals surface area contributed by atoms with Gasteiger partial charge in [0.05, 0.1) is 5.52 Å². The molecule has 1 aromatic carbocycles. The van der Waals surface area contributed by atoms with Crippen molar-refractivity contribution in [3.05, 3.63) is 36.9 Å². The van der Waals surface area contributed by atoms with E-state index in [4.69, 9.17) is 0 Å². The topological polar surface area (TPSA) is 12.9 Å². The molecule has 0 fully saturated rings. The fourth-order valence-corrected chi connectivity index (χ4v) is 2.48. The zero-order chi connectivity index (χ0) is 9.42. The summed E-state index contributed by atoms with van der Waals surface area (Å²) in [5.41, 5.74) is 1.00. The second-order valence-corrected chi connectivity index (χ2v) is 5.39. The average molecular weight is 413 g/mol. The Labute approximate surface area is 106 Å². The molecule has 0 aliphatic carbocycles. The summed E-state index contributed by atoms with van der Waals surface area (Å²) in [5, 5.41) is 1.18. The highest BCUT2D eigenvalue weighted by Gasteiger charge is 2.03. The third-order valence-corrected chi connectivity index (χ3v) is 3.74. The number of nitrogens with zero attached hydrogens (tertiary/aromatic N) is 1. The minimum absolute atomic E-state index is 0.864. The first-order chi connectivity index (χ1) is 6.18. The summed E-state index contributed by atoms with van der Waals surface area (Å²) in [4.78, 5) is 4.40. The van der Waals surface area contributed by atoms with Gasteiger partial charge in [-0.3, -0.25) is 0 Å². The highest BCUT2D eigenvalue weighted by molar-refractivity contribution is 14.1. The van der Waals surface area contributed by atoms with E-state index in [0.717, 1.165) is 14.6 Å². The number of rotatable bonds is 0. The molecule has 0 saturated heterocycles. The molecule has 0 amide bonds. The first kappa shape index (κ1) is 9.86. The van der Waals surface area contributed by atoms with Gasteiger partial charge in [0, 0.05) is 13.4 Å². The van der Waals surface area contributed by atoms with E-state index in [0.29, 0.717) is 0 Å². The van der Waals surface area contributed by atoms with Crippen LogP contribution in [0.15, 0.2) is 33.3 Å². The van der Waals surface area contributed by atoms with Crippen LogP contribution in [0.2, 0.25) is 0 Å². The monoisotopic (exact) mass is 411 g/mol. The van der Waals surface area contributed by atoms with E-state index in [1.807, 2.05) is 12.1 Å². The van der Waals surface area contributed by atoms with Gasteiger partial charge >= 0.3 is 0 Å². The molecule has 1 nitrogen and oxygen atoms in total. The molecule has 1 aromatic heterocycles. The number of hydrogen-bond donors (Lipinski definition) is 0. The van der Waals surface area contributed by atoms with Crippen molar-refractivity contribution in [3.63, 3.8) is 0 Å². The minimum Gasteiger partial charge on any atom is -0.240 e. The summed E-state index contributed by atoms with van der Waals surface area (Å²) in [5.74, 6) is 0. The summed E-state index contributed by atoms with van der Waals surface area (Å²) in [7, 11) is 0. The number of aromatic nitrogens is 1. The minimum atomic E-state index is 0.864. The summed E-state index contributed by atoms with van der Waals surface area (Å²) < 4.78 is 3.11. The van der Waals surface area contributed by atoms with Crippen LogP contribution in [0.4, 0.5) is 0 Å². The Morgan fingerprint density at radius 3 is 2.62 bits per heavy atom. The molecular formula is C9H4Br2IN. The van der Waals surface area contributed by atoms with E-state index < -0.39 is 0 Å². The van der Waals surface area contributed by atoms with Gasteiger partial charge in [0.15, 0.2) is 0 Å². The van der Waals surface area contributed by atoms with Crippen LogP contribution in [-0.2, 0) is 0 Å². The van der Waals surface area contributed by atoms with E-state index in [1.165, 1.54) is 8.96 Å². The van der Waals surface area contributed by atoms with E-state index in [9.17, 15) is 0 Å². The van der Waals surface area contributed by atoms with Crippen LogP contribution in [0.25, 0.3) is 10.9 Å². The summed E-state index contributed by atoms with van der Waals surface area (Å²) in [6, 6.07) is 8.11. The van der Waals surface area contributed by atoms with Crippen molar-refractivity contribution in [1.29, 1.82) is 0 Å². The normalized spacial score (nSPS) is 10.7. The fraction of sp³-hybridized carbons (Fsp3) is 0. The van der Waals surface area contributed by atoms with Gasteiger partial charge in [0.2, 0.25) is 0 Å². The van der Waals surface area contributed by atoms with Crippen LogP contribution < -0.4 is 0 Å². The Balaban J connectivity index is 2.92. The molecule has 0 radical (unpaired) electrons. The second kappa shape index (κ2) is 3.82. The Bertz CT molecular complexity index is 470. The molecule has 13 heavy (non-hydrogen) atoms. The molecule has 1 heterocycles. The van der Waals surface area contributed by atoms with Gasteiger partial charge in [0.1, 0.15) is 4.60 Å². The first-order valence-corrected chi connectivity index (χ1v) is 6.25. The quantitative estimate of drug-likeness (QED) is 0.462. The van der Waals surface area contributed by atoms with Crippen LogP contribution in [0.5, 0.6) is 0 Å². The molecule has 0 saturated carbocycles. The van der Waals surface area contributed by atoms with Crippen molar-refractivity contribution in [1.82, 2.24) is 4.98 Å². The third-order valence-electron chi connectivity index (χ3n) is 1.72. The highest BCUT2D eigenvalue weighted by atomic mass is 127. The van der Waals surface area contributed by atoms with E-state index in [2.05, 4.69) is 71.6 Å². The SMILES string of the molecule is Brc1ccc2c(I)ccc(Br)c2n1. The highest BCUT2D eigenvalue weighted by Crippen LogP contribution is 2.27. The number of benzene rings is 1. The second-order valence-electron chi connectivity index (χ2n) is 2.56. The molecule has 0 bridgehead atoms. The average Bonchev–Trinajstić information content (AvgIpc) is 2.12. The van der Waals surface area contributed by atoms with Crippen molar-refractivity contribution in [2.24, 2.45) is 0 Å². The van der Waals surface area contributed by atoms with Crippen molar-refractivity contribution in [3.8, 4) is 0 Å². The smallest absolute Gasteiger partial charge is 0.106 e. The van der Waals surface area contributed by atoms with Gasteiger partial charge in [-0.2, -0.15) is 0 Å². The first-order valence-electron chi connectivity index (χ1n) is 3.59. The summed E-state index contributed by atoms with van der Waals surface area (Å²) in [6.07, 6.45) is 0. The molecule has 0 unspecified atom stereocenters. The molecule has 0 N–H and O–H groups in total. The van der Waals surface area contributed by atoms with Crippen LogP contribution in [0, 0.1) is 3.57 Å². The van der Waals surface area contributed by atoms with Gasteiger partial charge in [-0.05, 0) is 78.7 Å². The van der Waals surface area contributed by atoms with Crippen molar-refractivity contribution >= 4 is 65.4 Å². The predicted molar refractivity (Wildman–Crippen MR) is 69.9 cm³/mol. The van der Waals surface area contributed by atoms with E-state index >= 15 is 0 Å². The van der Waals surface area contributed by atoms with Crippen LogP contribution >= 0.6 is 54.5 Å². The van der Waals surface area contributed by atoms with Crippen LogP contribution in [-0.4, -0.2) is 4.98 Å². The Morgan fingerprint density at radius 2 is 1.85 bits per heavy atom. The maximum Gasteiger partial charge on any atom is 0.106 e. The van der Waals surface area contributed by atoms with Gasteiger partial charge in [-0.15, -0.1) is 0 Å². The zero-order valence-electron chi connectivity index (χ0n) is 6.39. The molecule has 0 atom stereocenters. The number of halogens is 3. The summed E-state index contributed by atoms with van der Waals surface area (Å²) in [6.45, 7) is 0. The van der Waals surface area contributed by atoms with Gasteiger partial charge in [0.25, 0.3) is 0 Å². The molecule has 2 rings (SSSR count). The van der Waals surface area contributed by atoms with Crippen molar-refractivity contribution < 1.29 is 0 Å². The predicted octanol–water partition coefficient (Wildman–Crippen LogP) is 4.36. The Morgan fingerprint density at radius 1 is 1.08 bits per heavy atom. The largest absolute Gasteiger partial charge is 0.240 e. The standard InChI is InChI=1S/C9H4Br2IN/c10-6-2-3-7(12)5-1-4-8(11)13-9(5)6/h1-4H. The lowest BCUT2D eigenvalue weighted by Gasteiger charge is -2.02. The molecule has 0 spiro atoms. The number of hydrogen-bond acceptors (Lipinski definition) is 1. The maximum absolute atomic E-state index is 4.40. The number of fused-ring (bicyclic) bond motifs is 1. The molecular weight excluding hydrogens is 409 g/mol. The Kier molecular flexibility index (Phi) is 2.90. The third kappa shape index (κ3) is 1.89. The summed E-state index contributed by atoms with van der Waals surface area (Å²) >= 11 is 9.15. The maximum atomic E-state index is 4.40.